The predicted molar refractivity (Wildman–Crippen MR) is 134 cm³/mol. The van der Waals surface area contributed by atoms with Crippen LogP contribution < -0.4 is 0 Å². The molecule has 0 amide bonds. The van der Waals surface area contributed by atoms with E-state index in [2.05, 4.69) is 22.0 Å². The number of H-pyrrole nitrogens is 1. The molecule has 6 heteroatoms. The van der Waals surface area contributed by atoms with Gasteiger partial charge in [0.25, 0.3) is 0 Å². The Hall–Kier alpha value is -3.90. The molecule has 0 aliphatic carbocycles. The van der Waals surface area contributed by atoms with Gasteiger partial charge in [-0.3, -0.25) is 4.90 Å². The molecule has 5 rings (SSSR count). The maximum atomic E-state index is 11.6. The summed E-state index contributed by atoms with van der Waals surface area (Å²) >= 11 is 0. The van der Waals surface area contributed by atoms with Crippen LogP contribution >= 0.6 is 0 Å². The fourth-order valence-corrected chi connectivity index (χ4v) is 4.59. The van der Waals surface area contributed by atoms with Crippen molar-refractivity contribution in [3.05, 3.63) is 95.1 Å². The number of carbonyl (C=O) groups is 1. The van der Waals surface area contributed by atoms with Crippen LogP contribution in [0.15, 0.2) is 77.8 Å². The zero-order valence-corrected chi connectivity index (χ0v) is 18.9. The van der Waals surface area contributed by atoms with Gasteiger partial charge in [-0.15, -0.1) is 0 Å². The van der Waals surface area contributed by atoms with E-state index in [1.807, 2.05) is 42.5 Å². The number of aromatic nitrogens is 1. The van der Waals surface area contributed by atoms with Crippen LogP contribution in [0.5, 0.6) is 5.88 Å². The molecule has 0 radical (unpaired) electrons. The monoisotopic (exact) mass is 453 g/mol. The number of aromatic amines is 1. The van der Waals surface area contributed by atoms with Crippen molar-refractivity contribution in [2.24, 2.45) is 4.99 Å². The number of benzene rings is 3. The molecule has 0 unspecified atom stereocenters. The van der Waals surface area contributed by atoms with Crippen LogP contribution in [-0.4, -0.2) is 44.9 Å². The van der Waals surface area contributed by atoms with Crippen molar-refractivity contribution in [2.45, 2.75) is 25.8 Å². The minimum atomic E-state index is -1.02. The van der Waals surface area contributed by atoms with E-state index >= 15 is 0 Å². The van der Waals surface area contributed by atoms with Crippen LogP contribution in [-0.2, 0) is 6.54 Å². The van der Waals surface area contributed by atoms with Crippen molar-refractivity contribution < 1.29 is 15.0 Å². The lowest BCUT2D eigenvalue weighted by Gasteiger charge is -2.26. The molecule has 0 saturated carbocycles. The van der Waals surface area contributed by atoms with Crippen LogP contribution in [0.2, 0.25) is 0 Å². The molecule has 34 heavy (non-hydrogen) atoms. The largest absolute Gasteiger partial charge is 0.494 e. The fourth-order valence-electron chi connectivity index (χ4n) is 4.59. The molecule has 1 aliphatic rings. The molecule has 0 atom stereocenters. The van der Waals surface area contributed by atoms with Gasteiger partial charge in [0.05, 0.1) is 22.5 Å². The highest BCUT2D eigenvalue weighted by Crippen LogP contribution is 2.32. The summed E-state index contributed by atoms with van der Waals surface area (Å²) in [5.41, 5.74) is 4.72. The van der Waals surface area contributed by atoms with Gasteiger partial charge in [-0.25, -0.2) is 9.79 Å². The summed E-state index contributed by atoms with van der Waals surface area (Å²) in [4.78, 5) is 21.9. The number of likely N-dealkylation sites (tertiary alicyclic amines) is 1. The van der Waals surface area contributed by atoms with Gasteiger partial charge in [0, 0.05) is 23.0 Å². The first-order chi connectivity index (χ1) is 16.6. The summed E-state index contributed by atoms with van der Waals surface area (Å²) in [6.07, 6.45) is 3.85. The van der Waals surface area contributed by atoms with Gasteiger partial charge in [0.15, 0.2) is 5.88 Å². The number of nitrogens with zero attached hydrogens (tertiary/aromatic N) is 2. The summed E-state index contributed by atoms with van der Waals surface area (Å²) in [5.74, 6) is -1.06. The average Bonchev–Trinajstić information content (AvgIpc) is 3.19. The number of rotatable bonds is 6. The second kappa shape index (κ2) is 9.53. The molecule has 1 aromatic heterocycles. The third-order valence-electron chi connectivity index (χ3n) is 6.34. The van der Waals surface area contributed by atoms with Crippen LogP contribution in [0.25, 0.3) is 10.9 Å². The lowest BCUT2D eigenvalue weighted by molar-refractivity contribution is 0.0697. The second-order valence-corrected chi connectivity index (χ2v) is 8.74. The highest BCUT2D eigenvalue weighted by atomic mass is 16.4. The van der Waals surface area contributed by atoms with Gasteiger partial charge in [0.2, 0.25) is 0 Å². The zero-order chi connectivity index (χ0) is 23.5. The van der Waals surface area contributed by atoms with Crippen molar-refractivity contribution in [1.82, 2.24) is 9.88 Å². The van der Waals surface area contributed by atoms with E-state index in [1.54, 1.807) is 12.1 Å². The van der Waals surface area contributed by atoms with Gasteiger partial charge in [-0.05, 0) is 61.8 Å². The Balaban J connectivity index is 1.56. The Bertz CT molecular complexity index is 1330. The molecular weight excluding hydrogens is 426 g/mol. The smallest absolute Gasteiger partial charge is 0.335 e. The van der Waals surface area contributed by atoms with Crippen molar-refractivity contribution in [1.29, 1.82) is 0 Å². The number of hydrogen-bond acceptors (Lipinski definition) is 4. The number of nitrogens with one attached hydrogen (secondary N) is 1. The number of carboxylic acids is 1. The Kier molecular flexibility index (Phi) is 6.14. The van der Waals surface area contributed by atoms with E-state index in [4.69, 9.17) is 4.99 Å². The highest BCUT2D eigenvalue weighted by molar-refractivity contribution is 6.22. The van der Waals surface area contributed by atoms with Gasteiger partial charge in [0.1, 0.15) is 0 Å². The normalized spacial score (nSPS) is 15.0. The number of aromatic carboxylic acids is 1. The molecular formula is C28H27N3O3. The number of piperidine rings is 1. The van der Waals surface area contributed by atoms with Gasteiger partial charge >= 0.3 is 5.97 Å². The molecule has 3 N–H and O–H groups in total. The van der Waals surface area contributed by atoms with Crippen LogP contribution in [0, 0.1) is 0 Å². The van der Waals surface area contributed by atoms with Gasteiger partial charge < -0.3 is 15.2 Å². The quantitative estimate of drug-likeness (QED) is 0.326. The summed E-state index contributed by atoms with van der Waals surface area (Å²) in [6.45, 7) is 3.24. The van der Waals surface area contributed by atoms with Crippen molar-refractivity contribution in [3.63, 3.8) is 0 Å². The first kappa shape index (κ1) is 21.9. The first-order valence-corrected chi connectivity index (χ1v) is 11.6. The molecule has 4 aromatic rings. The summed E-state index contributed by atoms with van der Waals surface area (Å²) in [7, 11) is 0. The molecule has 0 spiro atoms. The molecule has 1 saturated heterocycles. The topological polar surface area (TPSA) is 88.9 Å². The molecule has 1 aliphatic heterocycles. The van der Waals surface area contributed by atoms with Crippen LogP contribution in [0.4, 0.5) is 5.69 Å². The van der Waals surface area contributed by atoms with E-state index in [0.29, 0.717) is 22.2 Å². The van der Waals surface area contributed by atoms with E-state index < -0.39 is 5.97 Å². The van der Waals surface area contributed by atoms with Gasteiger partial charge in [-0.2, -0.15) is 0 Å². The van der Waals surface area contributed by atoms with E-state index in [-0.39, 0.29) is 11.4 Å². The molecule has 6 nitrogen and oxygen atoms in total. The number of hydrogen-bond donors (Lipinski definition) is 3. The van der Waals surface area contributed by atoms with Crippen LogP contribution in [0.1, 0.15) is 46.3 Å². The van der Waals surface area contributed by atoms with E-state index in [9.17, 15) is 15.0 Å². The highest BCUT2D eigenvalue weighted by Gasteiger charge is 2.20. The number of fused-ring (bicyclic) bond motifs is 1. The lowest BCUT2D eigenvalue weighted by Crippen LogP contribution is -2.28. The summed E-state index contributed by atoms with van der Waals surface area (Å²) < 4.78 is 0. The minimum Gasteiger partial charge on any atom is -0.494 e. The summed E-state index contributed by atoms with van der Waals surface area (Å²) in [6, 6.07) is 22.6. The molecule has 1 fully saturated rings. The lowest BCUT2D eigenvalue weighted by atomic mass is 9.99. The minimum absolute atomic E-state index is 0.0399. The maximum absolute atomic E-state index is 11.6. The molecule has 172 valence electrons. The Labute approximate surface area is 198 Å². The number of aromatic hydroxyl groups is 1. The third kappa shape index (κ3) is 4.58. The molecule has 0 bridgehead atoms. The second-order valence-electron chi connectivity index (χ2n) is 8.74. The van der Waals surface area contributed by atoms with E-state index in [1.165, 1.54) is 30.9 Å². The van der Waals surface area contributed by atoms with Crippen molar-refractivity contribution in [3.8, 4) is 5.88 Å². The summed E-state index contributed by atoms with van der Waals surface area (Å²) in [5, 5.41) is 20.9. The SMILES string of the molecule is O=C(O)c1ccc2[nH]c(O)c(C(=Nc3ccc(CN4CCCCC4)cc3)c3ccccc3)c2c1. The Morgan fingerprint density at radius 3 is 2.35 bits per heavy atom. The standard InChI is InChI=1S/C28H27N3O3/c32-27-25(23-17-21(28(33)34)11-14-24(23)30-27)26(20-7-3-1-4-8-20)29-22-12-9-19(10-13-22)18-31-15-5-2-6-16-31/h1,3-4,7-14,17,30,32H,2,5-6,15-16,18H2,(H,33,34). The van der Waals surface area contributed by atoms with Gasteiger partial charge in [-0.1, -0.05) is 48.9 Å². The van der Waals surface area contributed by atoms with E-state index in [0.717, 1.165) is 30.9 Å². The van der Waals surface area contributed by atoms with Crippen LogP contribution in [0.3, 0.4) is 0 Å². The molecule has 3 aromatic carbocycles. The maximum Gasteiger partial charge on any atom is 0.335 e. The van der Waals surface area contributed by atoms with Crippen molar-refractivity contribution >= 4 is 28.3 Å². The molecule has 2 heterocycles. The zero-order valence-electron chi connectivity index (χ0n) is 18.9. The fraction of sp³-hybridized carbons (Fsp3) is 0.214. The third-order valence-corrected chi connectivity index (χ3v) is 6.34. The van der Waals surface area contributed by atoms with Crippen molar-refractivity contribution in [2.75, 3.05) is 13.1 Å². The first-order valence-electron chi connectivity index (χ1n) is 11.6. The number of carboxylic acid groups (broad SMARTS) is 1. The predicted octanol–water partition coefficient (Wildman–Crippen LogP) is 5.73. The Morgan fingerprint density at radius 2 is 1.65 bits per heavy atom. The Morgan fingerprint density at radius 1 is 0.912 bits per heavy atom. The average molecular weight is 454 g/mol. The number of aliphatic imine (C=N–C) groups is 1.